The first-order valence-electron chi connectivity index (χ1n) is 14.4. The number of carbonyl (C=O) groups is 4. The lowest BCUT2D eigenvalue weighted by molar-refractivity contribution is -0.153. The molecule has 1 aromatic heterocycles. The quantitative estimate of drug-likeness (QED) is 0.482. The average Bonchev–Trinajstić information content (AvgIpc) is 3.85. The minimum absolute atomic E-state index is 0.0393. The minimum Gasteiger partial charge on any atom is -0.444 e. The molecule has 2 heterocycles. The van der Waals surface area contributed by atoms with E-state index in [1.807, 2.05) is 13.8 Å². The molecule has 224 valence electrons. The highest BCUT2D eigenvalue weighted by Gasteiger charge is 2.50. The van der Waals surface area contributed by atoms with Gasteiger partial charge >= 0.3 is 17.9 Å². The largest absolute Gasteiger partial charge is 0.444 e. The monoisotopic (exact) mass is 579 g/mol. The van der Waals surface area contributed by atoms with Gasteiger partial charge in [0.1, 0.15) is 17.2 Å². The molecule has 10 nitrogen and oxygen atoms in total. The maximum atomic E-state index is 13.7. The van der Waals surface area contributed by atoms with Crippen LogP contribution in [0.25, 0.3) is 0 Å². The molecule has 2 aromatic rings. The van der Waals surface area contributed by atoms with E-state index in [0.29, 0.717) is 17.1 Å². The summed E-state index contributed by atoms with van der Waals surface area (Å²) in [6, 6.07) is 6.58. The van der Waals surface area contributed by atoms with E-state index in [-0.39, 0.29) is 36.4 Å². The summed E-state index contributed by atoms with van der Waals surface area (Å²) in [4.78, 5) is 60.1. The van der Waals surface area contributed by atoms with Crippen LogP contribution in [0.1, 0.15) is 83.4 Å². The number of amides is 4. The van der Waals surface area contributed by atoms with Gasteiger partial charge in [-0.1, -0.05) is 19.1 Å². The number of nitrogens with one attached hydrogen (secondary N) is 2. The lowest BCUT2D eigenvalue weighted by Crippen LogP contribution is -2.59. The molecular weight excluding hydrogens is 541 g/mol. The maximum absolute atomic E-state index is 13.7. The van der Waals surface area contributed by atoms with Crippen LogP contribution < -0.4 is 10.6 Å². The molecular formula is C31H38FN5O5. The van der Waals surface area contributed by atoms with Gasteiger partial charge < -0.3 is 19.9 Å². The Bertz CT molecular complexity index is 1400. The van der Waals surface area contributed by atoms with Gasteiger partial charge in [-0.25, -0.2) is 14.2 Å². The number of piperazine rings is 1. The average molecular weight is 580 g/mol. The van der Waals surface area contributed by atoms with Crippen molar-refractivity contribution in [3.05, 3.63) is 53.5 Å². The number of anilines is 2. The summed E-state index contributed by atoms with van der Waals surface area (Å²) in [6.07, 6.45) is 4.24. The van der Waals surface area contributed by atoms with Crippen LogP contribution in [0, 0.1) is 11.2 Å². The second kappa shape index (κ2) is 11.0. The molecule has 0 bridgehead atoms. The van der Waals surface area contributed by atoms with Gasteiger partial charge in [0, 0.05) is 30.1 Å². The highest BCUT2D eigenvalue weighted by atomic mass is 19.1. The van der Waals surface area contributed by atoms with Crippen LogP contribution in [-0.4, -0.2) is 63.3 Å². The van der Waals surface area contributed by atoms with Gasteiger partial charge in [0.25, 0.3) is 0 Å². The predicted molar refractivity (Wildman–Crippen MR) is 154 cm³/mol. The SMILES string of the molecule is C[C@@H]1CN(C(=O)C(=O)Nc2cnc(NC(=O)OC(C)(C)C)c(C3CC3)c2)[C@@H](c2ccc(F)cc2)CN1C(=O)C1(C)CC1. The van der Waals surface area contributed by atoms with Gasteiger partial charge in [-0.3, -0.25) is 19.7 Å². The van der Waals surface area contributed by atoms with Crippen molar-refractivity contribution in [2.24, 2.45) is 5.41 Å². The first kappa shape index (κ1) is 29.5. The first-order valence-corrected chi connectivity index (χ1v) is 14.4. The number of hydrogen-bond donors (Lipinski definition) is 2. The number of nitrogens with zero attached hydrogens (tertiary/aromatic N) is 3. The fraction of sp³-hybridized carbons (Fsp3) is 0.516. The molecule has 1 saturated heterocycles. The Labute approximate surface area is 245 Å². The summed E-state index contributed by atoms with van der Waals surface area (Å²) in [5.74, 6) is -1.45. The fourth-order valence-corrected chi connectivity index (χ4v) is 5.28. The first-order chi connectivity index (χ1) is 19.7. The van der Waals surface area contributed by atoms with Crippen molar-refractivity contribution in [2.75, 3.05) is 23.7 Å². The standard InChI is InChI=1S/C31H38FN5O5/c1-18-16-37(24(20-8-10-21(32)11-9-20)17-36(18)28(40)31(5)12-13-31)27(39)26(38)34-22-14-23(19-6-7-19)25(33-15-22)35-29(41)42-30(2,3)4/h8-11,14-15,18-19,24H,6-7,12-13,16-17H2,1-5H3,(H,34,38)(H,33,35,41)/t18-,24-/m1/s1. The summed E-state index contributed by atoms with van der Waals surface area (Å²) in [6.45, 7) is 9.47. The van der Waals surface area contributed by atoms with Gasteiger partial charge in [0.2, 0.25) is 5.91 Å². The van der Waals surface area contributed by atoms with Crippen molar-refractivity contribution in [1.82, 2.24) is 14.8 Å². The van der Waals surface area contributed by atoms with Crippen LogP contribution in [-0.2, 0) is 19.1 Å². The summed E-state index contributed by atoms with van der Waals surface area (Å²) in [5, 5.41) is 5.35. The molecule has 2 N–H and O–H groups in total. The zero-order valence-electron chi connectivity index (χ0n) is 24.7. The van der Waals surface area contributed by atoms with E-state index in [1.54, 1.807) is 43.9 Å². The van der Waals surface area contributed by atoms with Gasteiger partial charge in [0.05, 0.1) is 17.9 Å². The third kappa shape index (κ3) is 6.55. The molecule has 1 aliphatic heterocycles. The number of hydrogen-bond acceptors (Lipinski definition) is 6. The highest BCUT2D eigenvalue weighted by Crippen LogP contribution is 2.48. The third-order valence-corrected chi connectivity index (χ3v) is 8.04. The molecule has 42 heavy (non-hydrogen) atoms. The Morgan fingerprint density at radius 3 is 2.29 bits per heavy atom. The van der Waals surface area contributed by atoms with Crippen molar-refractivity contribution < 1.29 is 28.3 Å². The molecule has 2 atom stereocenters. The Morgan fingerprint density at radius 1 is 1.02 bits per heavy atom. The number of carbonyl (C=O) groups excluding carboxylic acids is 4. The zero-order valence-corrected chi connectivity index (χ0v) is 24.7. The van der Waals surface area contributed by atoms with Crippen LogP contribution in [0.5, 0.6) is 0 Å². The highest BCUT2D eigenvalue weighted by molar-refractivity contribution is 6.39. The van der Waals surface area contributed by atoms with Gasteiger partial charge in [-0.15, -0.1) is 0 Å². The fourth-order valence-electron chi connectivity index (χ4n) is 5.28. The number of aromatic nitrogens is 1. The summed E-state index contributed by atoms with van der Waals surface area (Å²) < 4.78 is 19.1. The molecule has 3 aliphatic rings. The van der Waals surface area contributed by atoms with Crippen LogP contribution in [0.3, 0.4) is 0 Å². The van der Waals surface area contributed by atoms with E-state index in [2.05, 4.69) is 15.6 Å². The van der Waals surface area contributed by atoms with E-state index in [0.717, 1.165) is 31.2 Å². The number of halogens is 1. The van der Waals surface area contributed by atoms with Crippen molar-refractivity contribution in [3.63, 3.8) is 0 Å². The molecule has 11 heteroatoms. The van der Waals surface area contributed by atoms with Crippen LogP contribution in [0.2, 0.25) is 0 Å². The lowest BCUT2D eigenvalue weighted by atomic mass is 9.97. The zero-order chi connectivity index (χ0) is 30.4. The smallest absolute Gasteiger partial charge is 0.413 e. The molecule has 2 saturated carbocycles. The van der Waals surface area contributed by atoms with Gasteiger partial charge in [-0.05, 0) is 83.1 Å². The molecule has 2 aliphatic carbocycles. The molecule has 0 spiro atoms. The Kier molecular flexibility index (Phi) is 7.72. The summed E-state index contributed by atoms with van der Waals surface area (Å²) in [5.41, 5.74) is 0.660. The molecule has 3 fully saturated rings. The van der Waals surface area contributed by atoms with E-state index < -0.39 is 35.4 Å². The van der Waals surface area contributed by atoms with Crippen LogP contribution in [0.4, 0.5) is 20.7 Å². The van der Waals surface area contributed by atoms with E-state index in [1.165, 1.54) is 23.2 Å². The van der Waals surface area contributed by atoms with E-state index in [4.69, 9.17) is 4.74 Å². The predicted octanol–water partition coefficient (Wildman–Crippen LogP) is 4.98. The van der Waals surface area contributed by atoms with Crippen molar-refractivity contribution in [3.8, 4) is 0 Å². The Balaban J connectivity index is 1.34. The second-order valence-corrected chi connectivity index (χ2v) is 12.9. The topological polar surface area (TPSA) is 121 Å². The van der Waals surface area contributed by atoms with E-state index >= 15 is 0 Å². The second-order valence-electron chi connectivity index (χ2n) is 12.9. The number of ether oxygens (including phenoxy) is 1. The number of pyridine rings is 1. The molecule has 4 amide bonds. The number of rotatable bonds is 5. The molecule has 5 rings (SSSR count). The lowest BCUT2D eigenvalue weighted by Gasteiger charge is -2.46. The molecule has 0 radical (unpaired) electrons. The van der Waals surface area contributed by atoms with Crippen molar-refractivity contribution >= 4 is 35.3 Å². The van der Waals surface area contributed by atoms with Gasteiger partial charge in [-0.2, -0.15) is 0 Å². The molecule has 1 aromatic carbocycles. The normalized spacial score (nSPS) is 21.4. The van der Waals surface area contributed by atoms with Crippen molar-refractivity contribution in [2.45, 2.75) is 83.9 Å². The summed E-state index contributed by atoms with van der Waals surface area (Å²) in [7, 11) is 0. The Hall–Kier alpha value is -4.02. The number of benzene rings is 1. The third-order valence-electron chi connectivity index (χ3n) is 8.04. The van der Waals surface area contributed by atoms with Crippen LogP contribution >= 0.6 is 0 Å². The molecule has 0 unspecified atom stereocenters. The summed E-state index contributed by atoms with van der Waals surface area (Å²) >= 11 is 0. The maximum Gasteiger partial charge on any atom is 0.413 e. The van der Waals surface area contributed by atoms with Crippen LogP contribution in [0.15, 0.2) is 36.5 Å². The Morgan fingerprint density at radius 2 is 1.69 bits per heavy atom. The minimum atomic E-state index is -0.848. The van der Waals surface area contributed by atoms with E-state index in [9.17, 15) is 23.6 Å². The van der Waals surface area contributed by atoms with Gasteiger partial charge in [0.15, 0.2) is 0 Å². The van der Waals surface area contributed by atoms with Crippen molar-refractivity contribution in [1.29, 1.82) is 0 Å².